The van der Waals surface area contributed by atoms with Crippen molar-refractivity contribution in [2.45, 2.75) is 0 Å². The lowest BCUT2D eigenvalue weighted by Crippen LogP contribution is -2.22. The molecule has 1 heterocycles. The van der Waals surface area contributed by atoms with Crippen molar-refractivity contribution >= 4 is 35.3 Å². The predicted molar refractivity (Wildman–Crippen MR) is 62.8 cm³/mol. The monoisotopic (exact) mass is 267 g/mol. The summed E-state index contributed by atoms with van der Waals surface area (Å²) in [6.07, 6.45) is 1.32. The van der Waals surface area contributed by atoms with Gasteiger partial charge in [0.2, 0.25) is 0 Å². The Morgan fingerprint density at radius 3 is 2.56 bits per heavy atom. The Hall–Kier alpha value is -2.41. The van der Waals surface area contributed by atoms with Crippen LogP contribution in [-0.4, -0.2) is 16.9 Å². The highest BCUT2D eigenvalue weighted by Crippen LogP contribution is 2.26. The van der Waals surface area contributed by atoms with E-state index >= 15 is 0 Å². The van der Waals surface area contributed by atoms with Gasteiger partial charge in [0.1, 0.15) is 10.7 Å². The number of imide groups is 1. The van der Waals surface area contributed by atoms with E-state index in [1.165, 1.54) is 24.3 Å². The van der Waals surface area contributed by atoms with E-state index in [-0.39, 0.29) is 16.4 Å². The molecule has 2 N–H and O–H groups in total. The van der Waals surface area contributed by atoms with Crippen molar-refractivity contribution in [1.29, 1.82) is 0 Å². The molecule has 0 spiro atoms. The molecular formula is C10H6ClN3O4. The first-order valence-corrected chi connectivity index (χ1v) is 5.13. The fraction of sp³-hybridized carbons (Fsp3) is 0. The molecule has 0 saturated carbocycles. The second-order valence-corrected chi connectivity index (χ2v) is 3.84. The average molecular weight is 268 g/mol. The number of benzene rings is 1. The van der Waals surface area contributed by atoms with E-state index in [0.717, 1.165) is 0 Å². The number of nitrogens with zero attached hydrogens (tertiary/aromatic N) is 1. The van der Waals surface area contributed by atoms with Crippen LogP contribution in [-0.2, 0) is 4.79 Å². The normalized spacial score (nSPS) is 16.6. The van der Waals surface area contributed by atoms with Gasteiger partial charge in [-0.3, -0.25) is 20.2 Å². The van der Waals surface area contributed by atoms with Crippen molar-refractivity contribution in [2.24, 2.45) is 0 Å². The zero-order chi connectivity index (χ0) is 13.3. The lowest BCUT2D eigenvalue weighted by atomic mass is 10.1. The van der Waals surface area contributed by atoms with E-state index in [1.807, 2.05) is 5.32 Å². The van der Waals surface area contributed by atoms with Crippen LogP contribution in [0.25, 0.3) is 6.08 Å². The highest BCUT2D eigenvalue weighted by atomic mass is 35.5. The van der Waals surface area contributed by atoms with Gasteiger partial charge in [-0.15, -0.1) is 0 Å². The third kappa shape index (κ3) is 2.30. The molecule has 1 fully saturated rings. The molecule has 1 aromatic rings. The third-order valence-corrected chi connectivity index (χ3v) is 2.52. The Morgan fingerprint density at radius 1 is 1.28 bits per heavy atom. The molecule has 0 aromatic heterocycles. The average Bonchev–Trinajstić information content (AvgIpc) is 2.60. The van der Waals surface area contributed by atoms with Gasteiger partial charge in [0.05, 0.1) is 4.92 Å². The minimum absolute atomic E-state index is 0.00191. The molecule has 1 aliphatic rings. The Balaban J connectivity index is 2.38. The summed E-state index contributed by atoms with van der Waals surface area (Å²) in [6, 6.07) is 3.43. The molecule has 1 aromatic carbocycles. The van der Waals surface area contributed by atoms with E-state index in [0.29, 0.717) is 5.56 Å². The van der Waals surface area contributed by atoms with Gasteiger partial charge in [-0.2, -0.15) is 0 Å². The topological polar surface area (TPSA) is 101 Å². The van der Waals surface area contributed by atoms with Gasteiger partial charge in [0, 0.05) is 6.07 Å². The number of nitro benzene ring substituents is 1. The summed E-state index contributed by atoms with van der Waals surface area (Å²) in [5.41, 5.74) is 0.144. The van der Waals surface area contributed by atoms with E-state index in [4.69, 9.17) is 11.6 Å². The maximum absolute atomic E-state index is 11.3. The van der Waals surface area contributed by atoms with Crippen molar-refractivity contribution in [3.05, 3.63) is 44.6 Å². The number of carbonyl (C=O) groups is 2. The molecule has 2 rings (SSSR count). The molecule has 1 aliphatic heterocycles. The van der Waals surface area contributed by atoms with Gasteiger partial charge in [0.15, 0.2) is 0 Å². The first-order valence-electron chi connectivity index (χ1n) is 4.75. The molecule has 0 unspecified atom stereocenters. The van der Waals surface area contributed by atoms with Gasteiger partial charge in [-0.25, -0.2) is 4.79 Å². The maximum Gasteiger partial charge on any atom is 0.326 e. The number of carbonyl (C=O) groups excluding carboxylic acids is 2. The van der Waals surface area contributed by atoms with E-state index in [1.54, 1.807) is 0 Å². The van der Waals surface area contributed by atoms with Crippen LogP contribution in [0.2, 0.25) is 5.02 Å². The number of nitrogens with one attached hydrogen (secondary N) is 2. The molecule has 1 saturated heterocycles. The number of hydrogen-bond acceptors (Lipinski definition) is 4. The first-order chi connectivity index (χ1) is 8.47. The number of halogens is 1. The Labute approximate surface area is 106 Å². The summed E-state index contributed by atoms with van der Waals surface area (Å²) < 4.78 is 0. The van der Waals surface area contributed by atoms with Crippen molar-refractivity contribution in [3.8, 4) is 0 Å². The largest absolute Gasteiger partial charge is 0.326 e. The van der Waals surface area contributed by atoms with Gasteiger partial charge in [-0.05, 0) is 17.7 Å². The summed E-state index contributed by atoms with van der Waals surface area (Å²) in [5, 5.41) is 15.0. The molecule has 0 atom stereocenters. The lowest BCUT2D eigenvalue weighted by molar-refractivity contribution is -0.384. The standard InChI is InChI=1S/C10H6ClN3O4/c11-6-2-1-5(4-8(6)14(17)18)3-7-9(15)13-10(16)12-7/h1-4H,(H2,12,13,15,16)/b7-3-. The van der Waals surface area contributed by atoms with Crippen LogP contribution in [0.3, 0.4) is 0 Å². The van der Waals surface area contributed by atoms with Crippen molar-refractivity contribution in [3.63, 3.8) is 0 Å². The molecule has 7 nitrogen and oxygen atoms in total. The van der Waals surface area contributed by atoms with Crippen LogP contribution in [0.15, 0.2) is 23.9 Å². The number of urea groups is 1. The fourth-order valence-corrected chi connectivity index (χ4v) is 1.60. The number of amides is 3. The third-order valence-electron chi connectivity index (χ3n) is 2.20. The minimum Gasteiger partial charge on any atom is -0.303 e. The molecule has 18 heavy (non-hydrogen) atoms. The Bertz CT molecular complexity index is 597. The van der Waals surface area contributed by atoms with Crippen LogP contribution in [0, 0.1) is 10.1 Å². The van der Waals surface area contributed by atoms with Crippen LogP contribution in [0.5, 0.6) is 0 Å². The number of hydrogen-bond donors (Lipinski definition) is 2. The quantitative estimate of drug-likeness (QED) is 0.366. The fourth-order valence-electron chi connectivity index (χ4n) is 1.41. The summed E-state index contributed by atoms with van der Waals surface area (Å²) in [4.78, 5) is 32.2. The first kappa shape index (κ1) is 12.1. The Kier molecular flexibility index (Phi) is 2.99. The summed E-state index contributed by atoms with van der Waals surface area (Å²) in [5.74, 6) is -0.586. The van der Waals surface area contributed by atoms with E-state index < -0.39 is 16.9 Å². The molecule has 8 heteroatoms. The van der Waals surface area contributed by atoms with Gasteiger partial charge < -0.3 is 5.32 Å². The van der Waals surface area contributed by atoms with Crippen molar-refractivity contribution in [2.75, 3.05) is 0 Å². The molecule has 0 bridgehead atoms. The molecule has 3 amide bonds. The van der Waals surface area contributed by atoms with Crippen molar-refractivity contribution in [1.82, 2.24) is 10.6 Å². The predicted octanol–water partition coefficient (Wildman–Crippen LogP) is 1.43. The van der Waals surface area contributed by atoms with E-state index in [2.05, 4.69) is 5.32 Å². The number of nitro groups is 1. The SMILES string of the molecule is O=C1NC(=O)/C(=C/c2ccc(Cl)c([N+](=O)[O-])c2)N1. The molecular weight excluding hydrogens is 262 g/mol. The zero-order valence-electron chi connectivity index (χ0n) is 8.77. The number of rotatable bonds is 2. The van der Waals surface area contributed by atoms with Gasteiger partial charge in [-0.1, -0.05) is 17.7 Å². The highest BCUT2D eigenvalue weighted by molar-refractivity contribution is 6.32. The molecule has 0 aliphatic carbocycles. The van der Waals surface area contributed by atoms with E-state index in [9.17, 15) is 19.7 Å². The smallest absolute Gasteiger partial charge is 0.303 e. The summed E-state index contributed by atoms with van der Waals surface area (Å²) in [6.45, 7) is 0. The lowest BCUT2D eigenvalue weighted by Gasteiger charge is -1.98. The summed E-state index contributed by atoms with van der Waals surface area (Å²) in [7, 11) is 0. The second kappa shape index (κ2) is 4.46. The highest BCUT2D eigenvalue weighted by Gasteiger charge is 2.23. The Morgan fingerprint density at radius 2 is 2.00 bits per heavy atom. The van der Waals surface area contributed by atoms with Gasteiger partial charge >= 0.3 is 6.03 Å². The van der Waals surface area contributed by atoms with Crippen molar-refractivity contribution < 1.29 is 14.5 Å². The maximum atomic E-state index is 11.3. The van der Waals surface area contributed by atoms with Crippen LogP contribution in [0.4, 0.5) is 10.5 Å². The minimum atomic E-state index is -0.630. The molecule has 92 valence electrons. The van der Waals surface area contributed by atoms with Gasteiger partial charge in [0.25, 0.3) is 11.6 Å². The van der Waals surface area contributed by atoms with Crippen LogP contribution >= 0.6 is 11.6 Å². The second-order valence-electron chi connectivity index (χ2n) is 3.43. The molecule has 0 radical (unpaired) electrons. The zero-order valence-corrected chi connectivity index (χ0v) is 9.52. The van der Waals surface area contributed by atoms with Crippen LogP contribution in [0.1, 0.15) is 5.56 Å². The summed E-state index contributed by atoms with van der Waals surface area (Å²) >= 11 is 5.65. The van der Waals surface area contributed by atoms with Crippen LogP contribution < -0.4 is 10.6 Å².